The van der Waals surface area contributed by atoms with Gasteiger partial charge in [0.05, 0.1) is 0 Å². The van der Waals surface area contributed by atoms with Gasteiger partial charge >= 0.3 is 93.6 Å². The average molecular weight is 547 g/mol. The van der Waals surface area contributed by atoms with Gasteiger partial charge in [0.2, 0.25) is 0 Å². The minimum atomic E-state index is -0.458. The fourth-order valence-electron chi connectivity index (χ4n) is 1.52. The van der Waals surface area contributed by atoms with E-state index in [1.807, 2.05) is 0 Å². The summed E-state index contributed by atoms with van der Waals surface area (Å²) < 4.78 is 16.8. The summed E-state index contributed by atoms with van der Waals surface area (Å²) in [5.41, 5.74) is 0. The summed E-state index contributed by atoms with van der Waals surface area (Å²) in [6.07, 6.45) is 1.05. The van der Waals surface area contributed by atoms with Gasteiger partial charge in [-0.25, -0.2) is 0 Å². The number of hydrogen-bond acceptors (Lipinski definition) is 3. The first-order chi connectivity index (χ1) is 5.45. The quantitative estimate of drug-likeness (QED) is 0.427. The number of hydrogen-bond donors (Lipinski definition) is 0. The predicted molar refractivity (Wildman–Crippen MR) is 36.7 cm³/mol. The number of rotatable bonds is 0. The van der Waals surface area contributed by atoms with E-state index in [0.29, 0.717) is 12.2 Å². The van der Waals surface area contributed by atoms with Crippen LogP contribution < -0.4 is 0 Å². The molecule has 0 aromatic heterocycles. The zero-order valence-corrected chi connectivity index (χ0v) is 18.4. The van der Waals surface area contributed by atoms with Crippen LogP contribution in [0.1, 0.15) is 0 Å². The molecule has 2 atom stereocenters. The maximum absolute atomic E-state index is 5.90. The van der Waals surface area contributed by atoms with E-state index in [1.165, 1.54) is 7.86 Å². The van der Waals surface area contributed by atoms with Gasteiger partial charge in [-0.2, -0.15) is 0 Å². The van der Waals surface area contributed by atoms with Crippen LogP contribution in [0.2, 0.25) is 7.86 Å². The molecule has 2 aliphatic rings. The van der Waals surface area contributed by atoms with Crippen LogP contribution in [0.15, 0.2) is 0 Å². The van der Waals surface area contributed by atoms with E-state index in [-0.39, 0.29) is 0 Å². The van der Waals surface area contributed by atoms with Gasteiger partial charge in [-0.05, 0) is 0 Å². The van der Waals surface area contributed by atoms with Crippen molar-refractivity contribution >= 4 is 4.72 Å². The summed E-state index contributed by atoms with van der Waals surface area (Å²) in [6.45, 7) is 1.79. The Morgan fingerprint density at radius 2 is 1.73 bits per heavy atom. The first-order valence-corrected chi connectivity index (χ1v) is 26.7. The summed E-state index contributed by atoms with van der Waals surface area (Å²) in [6, 6.07) is 0. The molecule has 0 aliphatic carbocycles. The molecule has 56 valence electrons. The molecule has 2 nitrogen and oxygen atoms in total. The molecule has 5 heteroatoms. The van der Waals surface area contributed by atoms with Crippen molar-refractivity contribution in [2.45, 2.75) is 20.1 Å². The summed E-state index contributed by atoms with van der Waals surface area (Å²) in [5, 5.41) is 0. The Balaban J connectivity index is 1.90. The van der Waals surface area contributed by atoms with Gasteiger partial charge in [0.15, 0.2) is 0 Å². The number of fused-ring (bicyclic) bond motifs is 2. The molecule has 0 saturated carbocycles. The van der Waals surface area contributed by atoms with Crippen molar-refractivity contribution in [2.75, 3.05) is 13.2 Å². The summed E-state index contributed by atoms with van der Waals surface area (Å²) in [5.74, 6) is 0. The van der Waals surface area contributed by atoms with Crippen molar-refractivity contribution in [2.24, 2.45) is 0 Å². The Morgan fingerprint density at radius 3 is 2.36 bits per heavy atom. The molecule has 11 heavy (non-hydrogen) atoms. The first kappa shape index (κ1) is 9.69. The van der Waals surface area contributed by atoms with Crippen molar-refractivity contribution in [1.29, 1.82) is 0 Å². The second kappa shape index (κ2) is 5.13. The second-order valence-electron chi connectivity index (χ2n) is 3.11. The molecule has 0 N–H and O–H groups in total. The third kappa shape index (κ3) is 3.08. The SMILES string of the molecule is C1OCC2[CH2][Hg][S][Hg][CH2]C1O2. The van der Waals surface area contributed by atoms with Gasteiger partial charge in [0.1, 0.15) is 0 Å². The summed E-state index contributed by atoms with van der Waals surface area (Å²) in [4.78, 5) is 0. The number of ether oxygens (including phenoxy) is 2. The van der Waals surface area contributed by atoms with E-state index in [9.17, 15) is 0 Å². The van der Waals surface area contributed by atoms with Crippen LogP contribution in [-0.4, -0.2) is 25.4 Å². The topological polar surface area (TPSA) is 18.5 Å². The molecule has 2 saturated heterocycles. The molecule has 0 aromatic carbocycles. The van der Waals surface area contributed by atoms with Gasteiger partial charge in [0, 0.05) is 0 Å². The van der Waals surface area contributed by atoms with Crippen molar-refractivity contribution < 1.29 is 55.6 Å². The zero-order valence-electron chi connectivity index (χ0n) is 6.62. The van der Waals surface area contributed by atoms with E-state index in [4.69, 9.17) is 9.47 Å². The summed E-state index contributed by atoms with van der Waals surface area (Å²) in [7, 11) is 0. The molecule has 0 spiro atoms. The van der Waals surface area contributed by atoms with Gasteiger partial charge in [-0.1, -0.05) is 0 Å². The van der Waals surface area contributed by atoms with Crippen LogP contribution in [0.4, 0.5) is 0 Å². The third-order valence-corrected chi connectivity index (χ3v) is 79.5. The normalized spacial score (nSPS) is 36.4. The molecule has 2 bridgehead atoms. The van der Waals surface area contributed by atoms with Crippen LogP contribution in [0.25, 0.3) is 0 Å². The van der Waals surface area contributed by atoms with E-state index in [2.05, 4.69) is 4.72 Å². The third-order valence-electron chi connectivity index (χ3n) is 2.16. The van der Waals surface area contributed by atoms with Gasteiger partial charge < -0.3 is 0 Å². The molecule has 2 fully saturated rings. The molecule has 0 amide bonds. The maximum atomic E-state index is 5.90. The van der Waals surface area contributed by atoms with Crippen molar-refractivity contribution in [3.8, 4) is 0 Å². The van der Waals surface area contributed by atoms with Crippen LogP contribution in [0.5, 0.6) is 0 Å². The zero-order chi connectivity index (χ0) is 7.52. The van der Waals surface area contributed by atoms with Crippen molar-refractivity contribution in [1.82, 2.24) is 0 Å². The van der Waals surface area contributed by atoms with Crippen molar-refractivity contribution in [3.05, 3.63) is 0 Å². The Bertz CT molecular complexity index is 124. The second-order valence-corrected chi connectivity index (χ2v) is 64.9. The van der Waals surface area contributed by atoms with Crippen LogP contribution >= 0.6 is 4.72 Å². The molecular weight excluding hydrogens is 537 g/mol. The van der Waals surface area contributed by atoms with E-state index in [0.717, 1.165) is 13.2 Å². The van der Waals surface area contributed by atoms with Gasteiger partial charge in [-0.15, -0.1) is 0 Å². The minimum absolute atomic E-state index is 0.458. The van der Waals surface area contributed by atoms with E-state index < -0.39 is 46.1 Å². The van der Waals surface area contributed by atoms with Crippen LogP contribution in [0, 0.1) is 0 Å². The Labute approximate surface area is 92.3 Å². The standard InChI is InChI=1S/C6H10O2.2Hg.S/c1-5-3-7-4-6(2)8-5;;;/h5-6H,1-4H2;;;. The molecule has 2 rings (SSSR count). The molecule has 2 unspecified atom stereocenters. The molecular formula is C6H10Hg2O2S. The Kier molecular flexibility index (Phi) is 4.52. The first-order valence-electron chi connectivity index (χ1n) is 4.26. The van der Waals surface area contributed by atoms with Crippen molar-refractivity contribution in [3.63, 3.8) is 0 Å². The van der Waals surface area contributed by atoms with Gasteiger partial charge in [-0.3, -0.25) is 0 Å². The molecule has 2 aliphatic heterocycles. The monoisotopic (exact) mass is 550 g/mol. The molecule has 0 radical (unpaired) electrons. The predicted octanol–water partition coefficient (Wildman–Crippen LogP) is 1.35. The van der Waals surface area contributed by atoms with Crippen LogP contribution in [-0.2, 0) is 55.6 Å². The fourth-order valence-corrected chi connectivity index (χ4v) is 72.3. The summed E-state index contributed by atoms with van der Waals surface area (Å²) >= 11 is -0.915. The molecule has 2 heterocycles. The van der Waals surface area contributed by atoms with E-state index >= 15 is 0 Å². The average Bonchev–Trinajstić information content (AvgIpc) is 2.02. The van der Waals surface area contributed by atoms with E-state index in [1.54, 1.807) is 0 Å². The Morgan fingerprint density at radius 1 is 1.09 bits per heavy atom. The fraction of sp³-hybridized carbons (Fsp3) is 1.00. The Hall–Kier alpha value is 2.14. The van der Waals surface area contributed by atoms with Gasteiger partial charge in [0.25, 0.3) is 0 Å². The molecule has 0 aromatic rings. The van der Waals surface area contributed by atoms with Crippen LogP contribution in [0.3, 0.4) is 0 Å².